The van der Waals surface area contributed by atoms with E-state index in [2.05, 4.69) is 11.0 Å². The second-order valence-corrected chi connectivity index (χ2v) is 5.15. The predicted molar refractivity (Wildman–Crippen MR) is 86.1 cm³/mol. The maximum Gasteiger partial charge on any atom is 0.263 e. The summed E-state index contributed by atoms with van der Waals surface area (Å²) in [5.74, 6) is 3.87. The summed E-state index contributed by atoms with van der Waals surface area (Å²) in [6, 6.07) is 5.15. The molecule has 118 valence electrons. The molecule has 1 aliphatic rings. The molecule has 0 N–H and O–H groups in total. The number of anilines is 1. The van der Waals surface area contributed by atoms with Crippen LogP contribution in [0.15, 0.2) is 18.2 Å². The van der Waals surface area contributed by atoms with Crippen LogP contribution in [0.4, 0.5) is 5.69 Å². The minimum Gasteiger partial charge on any atom is -0.494 e. The van der Waals surface area contributed by atoms with Crippen molar-refractivity contribution in [2.45, 2.75) is 13.8 Å². The topological polar surface area (TPSA) is 56.6 Å². The smallest absolute Gasteiger partial charge is 0.263 e. The first kappa shape index (κ1) is 15.0. The van der Waals surface area contributed by atoms with Gasteiger partial charge in [0.1, 0.15) is 17.2 Å². The molecule has 23 heavy (non-hydrogen) atoms. The molecule has 0 spiro atoms. The zero-order chi connectivity index (χ0) is 16.6. The number of hydrogen-bond donors (Lipinski definition) is 0. The largest absolute Gasteiger partial charge is 0.494 e. The van der Waals surface area contributed by atoms with Crippen LogP contribution in [0, 0.1) is 19.3 Å². The Hall–Kier alpha value is -2.94. The van der Waals surface area contributed by atoms with E-state index in [0.717, 1.165) is 0 Å². The minimum atomic E-state index is -0.212. The summed E-state index contributed by atoms with van der Waals surface area (Å²) in [4.78, 5) is 14.4. The Bertz CT molecular complexity index is 817. The average Bonchev–Trinajstić information content (AvgIpc) is 2.72. The number of benzene rings is 1. The molecule has 0 saturated heterocycles. The van der Waals surface area contributed by atoms with Crippen LogP contribution >= 0.6 is 0 Å². The lowest BCUT2D eigenvalue weighted by Gasteiger charge is -2.17. The number of ether oxygens (including phenoxy) is 2. The van der Waals surface area contributed by atoms with E-state index in [4.69, 9.17) is 15.9 Å². The van der Waals surface area contributed by atoms with Crippen molar-refractivity contribution in [1.29, 1.82) is 0 Å². The van der Waals surface area contributed by atoms with E-state index in [1.807, 2.05) is 13.8 Å². The van der Waals surface area contributed by atoms with E-state index in [-0.39, 0.29) is 12.5 Å². The van der Waals surface area contributed by atoms with Gasteiger partial charge in [0.2, 0.25) is 5.88 Å². The van der Waals surface area contributed by atoms with Gasteiger partial charge in [-0.25, -0.2) is 4.68 Å². The summed E-state index contributed by atoms with van der Waals surface area (Å²) in [7, 11) is 1.77. The number of fused-ring (bicyclic) bond motifs is 2. The first-order chi connectivity index (χ1) is 11.1. The second kappa shape index (κ2) is 5.69. The number of aryl methyl sites for hydroxylation is 2. The van der Waals surface area contributed by atoms with Gasteiger partial charge in [0.05, 0.1) is 24.4 Å². The number of hydrogen-bond acceptors (Lipinski definition) is 4. The van der Waals surface area contributed by atoms with E-state index in [9.17, 15) is 4.79 Å². The van der Waals surface area contributed by atoms with Gasteiger partial charge in [0.25, 0.3) is 5.91 Å². The molecular formula is C17H17N3O3. The van der Waals surface area contributed by atoms with Crippen LogP contribution in [0.2, 0.25) is 0 Å². The van der Waals surface area contributed by atoms with E-state index >= 15 is 0 Å². The summed E-state index contributed by atoms with van der Waals surface area (Å²) in [5.41, 5.74) is 1.73. The van der Waals surface area contributed by atoms with Crippen LogP contribution in [0.25, 0.3) is 0 Å². The fraction of sp³-hybridized carbons (Fsp3) is 0.294. The van der Waals surface area contributed by atoms with Crippen LogP contribution in [0.3, 0.4) is 0 Å². The van der Waals surface area contributed by atoms with E-state index < -0.39 is 0 Å². The monoisotopic (exact) mass is 311 g/mol. The lowest BCUT2D eigenvalue weighted by molar-refractivity contribution is 0.0990. The van der Waals surface area contributed by atoms with Gasteiger partial charge in [-0.1, -0.05) is 5.92 Å². The van der Waals surface area contributed by atoms with Crippen molar-refractivity contribution < 1.29 is 14.3 Å². The molecule has 0 radical (unpaired) electrons. The average molecular weight is 311 g/mol. The van der Waals surface area contributed by atoms with Crippen LogP contribution in [0.5, 0.6) is 17.4 Å². The summed E-state index contributed by atoms with van der Waals surface area (Å²) in [6.07, 6.45) is 5.44. The number of rotatable bonds is 3. The van der Waals surface area contributed by atoms with Crippen molar-refractivity contribution >= 4 is 11.6 Å². The van der Waals surface area contributed by atoms with Gasteiger partial charge in [-0.15, -0.1) is 6.42 Å². The highest BCUT2D eigenvalue weighted by Crippen LogP contribution is 2.41. The summed E-state index contributed by atoms with van der Waals surface area (Å²) >= 11 is 0. The molecule has 6 nitrogen and oxygen atoms in total. The van der Waals surface area contributed by atoms with E-state index in [1.54, 1.807) is 29.9 Å². The van der Waals surface area contributed by atoms with Gasteiger partial charge in [0.15, 0.2) is 0 Å². The van der Waals surface area contributed by atoms with Crippen LogP contribution in [-0.4, -0.2) is 28.8 Å². The molecule has 0 saturated carbocycles. The molecule has 0 aliphatic carbocycles. The van der Waals surface area contributed by atoms with Crippen molar-refractivity contribution in [2.75, 3.05) is 18.1 Å². The van der Waals surface area contributed by atoms with Gasteiger partial charge in [-0.2, -0.15) is 5.10 Å². The molecule has 0 unspecified atom stereocenters. The van der Waals surface area contributed by atoms with E-state index in [0.29, 0.717) is 40.9 Å². The minimum absolute atomic E-state index is 0.147. The Morgan fingerprint density at radius 1 is 1.43 bits per heavy atom. The molecule has 6 heteroatoms. The molecular weight excluding hydrogens is 294 g/mol. The number of carbonyl (C=O) groups excluding carboxylic acids is 1. The van der Waals surface area contributed by atoms with Crippen molar-refractivity contribution in [2.24, 2.45) is 7.05 Å². The molecule has 1 aromatic heterocycles. The van der Waals surface area contributed by atoms with Crippen LogP contribution in [-0.2, 0) is 7.05 Å². The lowest BCUT2D eigenvalue weighted by Crippen LogP contribution is -2.30. The number of carbonyl (C=O) groups is 1. The number of nitrogens with zero attached hydrogens (tertiary/aromatic N) is 3. The maximum absolute atomic E-state index is 12.9. The lowest BCUT2D eigenvalue weighted by atomic mass is 10.1. The zero-order valence-corrected chi connectivity index (χ0v) is 13.3. The fourth-order valence-corrected chi connectivity index (χ4v) is 2.66. The van der Waals surface area contributed by atoms with Gasteiger partial charge < -0.3 is 9.47 Å². The molecule has 1 aliphatic heterocycles. The Morgan fingerprint density at radius 2 is 2.22 bits per heavy atom. The molecule has 0 fully saturated rings. The van der Waals surface area contributed by atoms with Crippen LogP contribution in [0.1, 0.15) is 23.0 Å². The molecule has 2 heterocycles. The Morgan fingerprint density at radius 3 is 2.91 bits per heavy atom. The van der Waals surface area contributed by atoms with Gasteiger partial charge in [-0.05, 0) is 26.0 Å². The number of terminal acetylenes is 1. The standard InChI is InChI=1S/C17H17N3O3/c1-5-9-20-15-11(3)18-19(4)17(15)23-14-10-12(22-6-2)7-8-13(14)16(20)21/h1,7-8,10H,6,9H2,2-4H3. The summed E-state index contributed by atoms with van der Waals surface area (Å²) < 4.78 is 13.1. The summed E-state index contributed by atoms with van der Waals surface area (Å²) in [5, 5.41) is 4.33. The van der Waals surface area contributed by atoms with Crippen molar-refractivity contribution in [3.05, 3.63) is 29.5 Å². The van der Waals surface area contributed by atoms with Crippen LogP contribution < -0.4 is 14.4 Å². The third kappa shape index (κ3) is 2.40. The Labute approximate surface area is 134 Å². The quantitative estimate of drug-likeness (QED) is 0.817. The highest BCUT2D eigenvalue weighted by Gasteiger charge is 2.32. The first-order valence-electron chi connectivity index (χ1n) is 7.30. The molecule has 2 aromatic rings. The molecule has 0 atom stereocenters. The molecule has 0 bridgehead atoms. The van der Waals surface area contributed by atoms with Crippen molar-refractivity contribution in [3.8, 4) is 29.7 Å². The molecule has 1 amide bonds. The highest BCUT2D eigenvalue weighted by atomic mass is 16.5. The van der Waals surface area contributed by atoms with Crippen molar-refractivity contribution in [3.63, 3.8) is 0 Å². The summed E-state index contributed by atoms with van der Waals surface area (Å²) in [6.45, 7) is 4.40. The maximum atomic E-state index is 12.9. The zero-order valence-electron chi connectivity index (χ0n) is 13.3. The second-order valence-electron chi connectivity index (χ2n) is 5.15. The van der Waals surface area contributed by atoms with Gasteiger partial charge >= 0.3 is 0 Å². The Balaban J connectivity index is 2.19. The number of amides is 1. The van der Waals surface area contributed by atoms with E-state index in [1.165, 1.54) is 4.90 Å². The normalized spacial score (nSPS) is 12.8. The Kier molecular flexibility index (Phi) is 3.70. The van der Waals surface area contributed by atoms with Crippen molar-refractivity contribution in [1.82, 2.24) is 9.78 Å². The SMILES string of the molecule is C#CCN1C(=O)c2ccc(OCC)cc2Oc2c1c(C)nn2C. The van der Waals surface area contributed by atoms with Gasteiger partial charge in [-0.3, -0.25) is 9.69 Å². The highest BCUT2D eigenvalue weighted by molar-refractivity contribution is 6.10. The number of aromatic nitrogens is 2. The van der Waals surface area contributed by atoms with Gasteiger partial charge in [0, 0.05) is 13.1 Å². The first-order valence-corrected chi connectivity index (χ1v) is 7.30. The fourth-order valence-electron chi connectivity index (χ4n) is 2.66. The predicted octanol–water partition coefficient (Wildman–Crippen LogP) is 2.51. The third-order valence-corrected chi connectivity index (χ3v) is 3.60. The molecule has 1 aromatic carbocycles. The third-order valence-electron chi connectivity index (χ3n) is 3.60. The molecule has 3 rings (SSSR count).